The van der Waals surface area contributed by atoms with Gasteiger partial charge in [0, 0.05) is 18.0 Å². The molecule has 1 N–H and O–H groups in total. The minimum atomic E-state index is -0.263. The SMILES string of the molecule is Cc1ccc(/C=C2/SC(=S)N(CCC(=O)Nc3ccc(Cl)cc3Cl)C2=O)cc1. The van der Waals surface area contributed by atoms with Crippen LogP contribution in [0, 0.1) is 6.92 Å². The third-order valence-electron chi connectivity index (χ3n) is 4.02. The zero-order valence-electron chi connectivity index (χ0n) is 14.9. The van der Waals surface area contributed by atoms with Crippen LogP contribution < -0.4 is 5.32 Å². The minimum Gasteiger partial charge on any atom is -0.325 e. The van der Waals surface area contributed by atoms with Gasteiger partial charge in [-0.15, -0.1) is 0 Å². The number of carbonyl (C=O) groups is 2. The standard InChI is InChI=1S/C20H16Cl2N2O2S2/c1-12-2-4-13(5-3-12)10-17-19(26)24(20(27)28-17)9-8-18(25)23-16-7-6-14(21)11-15(16)22/h2-7,10-11H,8-9H2,1H3,(H,23,25)/b17-10+. The van der Waals surface area contributed by atoms with Crippen molar-refractivity contribution in [1.82, 2.24) is 4.90 Å². The van der Waals surface area contributed by atoms with Crippen molar-refractivity contribution in [3.8, 4) is 0 Å². The molecule has 0 saturated carbocycles. The Balaban J connectivity index is 1.61. The van der Waals surface area contributed by atoms with E-state index in [1.165, 1.54) is 16.7 Å². The predicted octanol–water partition coefficient (Wildman–Crippen LogP) is 5.53. The van der Waals surface area contributed by atoms with E-state index >= 15 is 0 Å². The first-order valence-electron chi connectivity index (χ1n) is 8.40. The highest BCUT2D eigenvalue weighted by Gasteiger charge is 2.32. The van der Waals surface area contributed by atoms with Crippen LogP contribution in [-0.4, -0.2) is 27.6 Å². The number of hydrogen-bond donors (Lipinski definition) is 1. The Bertz CT molecular complexity index is 975. The van der Waals surface area contributed by atoms with Gasteiger partial charge in [0.25, 0.3) is 5.91 Å². The number of hydrogen-bond acceptors (Lipinski definition) is 4. The molecule has 0 spiro atoms. The van der Waals surface area contributed by atoms with Crippen LogP contribution >= 0.6 is 47.2 Å². The molecule has 0 aliphatic carbocycles. The highest BCUT2D eigenvalue weighted by Crippen LogP contribution is 2.32. The quantitative estimate of drug-likeness (QED) is 0.480. The second kappa shape index (κ2) is 9.09. The van der Waals surface area contributed by atoms with Crippen LogP contribution in [0.15, 0.2) is 47.4 Å². The number of benzene rings is 2. The first-order chi connectivity index (χ1) is 13.3. The lowest BCUT2D eigenvalue weighted by atomic mass is 10.1. The van der Waals surface area contributed by atoms with Crippen LogP contribution in [0.2, 0.25) is 10.0 Å². The lowest BCUT2D eigenvalue weighted by Gasteiger charge is -2.14. The number of aryl methyl sites for hydroxylation is 1. The van der Waals surface area contributed by atoms with Crippen LogP contribution in [0.3, 0.4) is 0 Å². The van der Waals surface area contributed by atoms with Crippen molar-refractivity contribution in [2.24, 2.45) is 0 Å². The molecule has 1 fully saturated rings. The summed E-state index contributed by atoms with van der Waals surface area (Å²) < 4.78 is 0.445. The van der Waals surface area contributed by atoms with E-state index < -0.39 is 0 Å². The molecule has 2 aromatic carbocycles. The first-order valence-corrected chi connectivity index (χ1v) is 10.4. The third-order valence-corrected chi connectivity index (χ3v) is 5.94. The molecule has 28 heavy (non-hydrogen) atoms. The van der Waals surface area contributed by atoms with Gasteiger partial charge in [0.2, 0.25) is 5.91 Å². The van der Waals surface area contributed by atoms with Crippen LogP contribution in [0.1, 0.15) is 17.5 Å². The molecule has 144 valence electrons. The fraction of sp³-hybridized carbons (Fsp3) is 0.150. The maximum absolute atomic E-state index is 12.6. The Kier molecular flexibility index (Phi) is 6.78. The topological polar surface area (TPSA) is 49.4 Å². The minimum absolute atomic E-state index is 0.100. The normalized spacial score (nSPS) is 15.4. The molecule has 1 aliphatic rings. The largest absolute Gasteiger partial charge is 0.325 e. The molecule has 3 rings (SSSR count). The molecule has 0 radical (unpaired) electrons. The summed E-state index contributed by atoms with van der Waals surface area (Å²) in [6.45, 7) is 2.21. The van der Waals surface area contributed by atoms with Gasteiger partial charge in [-0.1, -0.05) is 77.0 Å². The first kappa shape index (κ1) is 20.9. The number of anilines is 1. The highest BCUT2D eigenvalue weighted by atomic mass is 35.5. The molecule has 1 saturated heterocycles. The van der Waals surface area contributed by atoms with Gasteiger partial charge < -0.3 is 5.32 Å². The van der Waals surface area contributed by atoms with Crippen molar-refractivity contribution < 1.29 is 9.59 Å². The molecule has 0 atom stereocenters. The van der Waals surface area contributed by atoms with Gasteiger partial charge in [0.05, 0.1) is 15.6 Å². The maximum Gasteiger partial charge on any atom is 0.266 e. The predicted molar refractivity (Wildman–Crippen MR) is 121 cm³/mol. The number of thioether (sulfide) groups is 1. The van der Waals surface area contributed by atoms with Gasteiger partial charge in [0.15, 0.2) is 0 Å². The molecule has 2 amide bonds. The number of thiocarbonyl (C=S) groups is 1. The van der Waals surface area contributed by atoms with E-state index in [0.717, 1.165) is 11.1 Å². The molecule has 2 aromatic rings. The summed E-state index contributed by atoms with van der Waals surface area (Å²) in [6, 6.07) is 12.7. The Morgan fingerprint density at radius 1 is 1.21 bits per heavy atom. The van der Waals surface area contributed by atoms with Crippen molar-refractivity contribution in [2.75, 3.05) is 11.9 Å². The van der Waals surface area contributed by atoms with Gasteiger partial charge in [0.1, 0.15) is 4.32 Å². The smallest absolute Gasteiger partial charge is 0.266 e. The molecule has 0 aromatic heterocycles. The van der Waals surface area contributed by atoms with Gasteiger partial charge in [-0.3, -0.25) is 14.5 Å². The molecular formula is C20H16Cl2N2O2S2. The van der Waals surface area contributed by atoms with Crippen LogP contribution in [0.4, 0.5) is 5.69 Å². The van der Waals surface area contributed by atoms with Gasteiger partial charge in [-0.2, -0.15) is 0 Å². The van der Waals surface area contributed by atoms with E-state index in [0.29, 0.717) is 25.0 Å². The summed E-state index contributed by atoms with van der Waals surface area (Å²) in [6.07, 6.45) is 1.91. The number of halogens is 2. The lowest BCUT2D eigenvalue weighted by molar-refractivity contribution is -0.122. The number of nitrogens with one attached hydrogen (secondary N) is 1. The van der Waals surface area contributed by atoms with E-state index in [-0.39, 0.29) is 24.8 Å². The summed E-state index contributed by atoms with van der Waals surface area (Å²) in [5.74, 6) is -0.450. The third kappa shape index (κ3) is 5.14. The number of nitrogens with zero attached hydrogens (tertiary/aromatic N) is 1. The van der Waals surface area contributed by atoms with Crippen molar-refractivity contribution in [2.45, 2.75) is 13.3 Å². The molecule has 8 heteroatoms. The van der Waals surface area contributed by atoms with E-state index in [1.54, 1.807) is 18.2 Å². The van der Waals surface area contributed by atoms with Crippen molar-refractivity contribution in [1.29, 1.82) is 0 Å². The summed E-state index contributed by atoms with van der Waals surface area (Å²) in [4.78, 5) is 26.8. The Labute approximate surface area is 182 Å². The van der Waals surface area contributed by atoms with E-state index in [1.807, 2.05) is 37.3 Å². The van der Waals surface area contributed by atoms with Crippen molar-refractivity contribution in [3.05, 3.63) is 68.5 Å². The Morgan fingerprint density at radius 2 is 1.93 bits per heavy atom. The van der Waals surface area contributed by atoms with Gasteiger partial charge >= 0.3 is 0 Å². The average Bonchev–Trinajstić information content (AvgIpc) is 2.91. The second-order valence-corrected chi connectivity index (χ2v) is 8.69. The van der Waals surface area contributed by atoms with Crippen LogP contribution in [0.5, 0.6) is 0 Å². The van der Waals surface area contributed by atoms with Gasteiger partial charge in [-0.25, -0.2) is 0 Å². The van der Waals surface area contributed by atoms with E-state index in [2.05, 4.69) is 5.32 Å². The Hall–Kier alpha value is -1.86. The van der Waals surface area contributed by atoms with Crippen molar-refractivity contribution in [3.63, 3.8) is 0 Å². The van der Waals surface area contributed by atoms with Crippen LogP contribution in [0.25, 0.3) is 6.08 Å². The van der Waals surface area contributed by atoms with Crippen LogP contribution in [-0.2, 0) is 9.59 Å². The molecule has 1 heterocycles. The molecule has 4 nitrogen and oxygen atoms in total. The lowest BCUT2D eigenvalue weighted by Crippen LogP contribution is -2.31. The summed E-state index contributed by atoms with van der Waals surface area (Å²) in [7, 11) is 0. The van der Waals surface area contributed by atoms with E-state index in [9.17, 15) is 9.59 Å². The number of carbonyl (C=O) groups excluding carboxylic acids is 2. The van der Waals surface area contributed by atoms with Gasteiger partial charge in [-0.05, 0) is 36.8 Å². The fourth-order valence-electron chi connectivity index (χ4n) is 2.52. The molecule has 0 unspecified atom stereocenters. The van der Waals surface area contributed by atoms with E-state index in [4.69, 9.17) is 35.4 Å². The number of rotatable bonds is 5. The zero-order chi connectivity index (χ0) is 20.3. The molecule has 1 aliphatic heterocycles. The average molecular weight is 451 g/mol. The van der Waals surface area contributed by atoms with Crippen molar-refractivity contribution >= 4 is 75.1 Å². The summed E-state index contributed by atoms with van der Waals surface area (Å²) >= 11 is 18.5. The second-order valence-electron chi connectivity index (χ2n) is 6.17. The molecule has 0 bridgehead atoms. The highest BCUT2D eigenvalue weighted by molar-refractivity contribution is 8.26. The summed E-state index contributed by atoms with van der Waals surface area (Å²) in [5.41, 5.74) is 2.55. The summed E-state index contributed by atoms with van der Waals surface area (Å²) in [5, 5.41) is 3.56. The number of amides is 2. The zero-order valence-corrected chi connectivity index (χ0v) is 18.0. The monoisotopic (exact) mass is 450 g/mol. The Morgan fingerprint density at radius 3 is 2.61 bits per heavy atom. The fourth-order valence-corrected chi connectivity index (χ4v) is 4.29. The maximum atomic E-state index is 12.6. The molecular weight excluding hydrogens is 435 g/mol.